The number of hydrogen-bond donors (Lipinski definition) is 4. The summed E-state index contributed by atoms with van der Waals surface area (Å²) >= 11 is 0. The van der Waals surface area contributed by atoms with Gasteiger partial charge in [0.15, 0.2) is 0 Å². The number of amidine groups is 1. The van der Waals surface area contributed by atoms with Gasteiger partial charge in [0.25, 0.3) is 0 Å². The highest BCUT2D eigenvalue weighted by molar-refractivity contribution is 7.89. The third-order valence-electron chi connectivity index (χ3n) is 2.33. The molecule has 1 aromatic rings. The molecule has 5 N–H and O–H groups in total. The molecule has 9 heteroatoms. The van der Waals surface area contributed by atoms with Crippen molar-refractivity contribution in [2.75, 3.05) is 0 Å². The van der Waals surface area contributed by atoms with Gasteiger partial charge >= 0.3 is 0 Å². The number of aryl methyl sites for hydroxylation is 2. The Morgan fingerprint density at radius 2 is 2.22 bits per heavy atom. The zero-order valence-corrected chi connectivity index (χ0v) is 11.2. The molecule has 1 heterocycles. The van der Waals surface area contributed by atoms with Crippen molar-refractivity contribution in [3.05, 3.63) is 11.4 Å². The number of nitrogens with two attached hydrogens (primary N) is 1. The molecule has 8 nitrogen and oxygen atoms in total. The van der Waals surface area contributed by atoms with Gasteiger partial charge in [-0.25, -0.2) is 13.1 Å². The first kappa shape index (κ1) is 14.5. The van der Waals surface area contributed by atoms with Crippen LogP contribution in [0, 0.1) is 13.8 Å². The van der Waals surface area contributed by atoms with Crippen molar-refractivity contribution >= 4 is 15.9 Å². The van der Waals surface area contributed by atoms with E-state index in [9.17, 15) is 8.42 Å². The summed E-state index contributed by atoms with van der Waals surface area (Å²) in [5, 5.41) is 17.7. The van der Waals surface area contributed by atoms with Crippen LogP contribution in [0.15, 0.2) is 10.1 Å². The molecule has 0 amide bonds. The third kappa shape index (κ3) is 3.20. The van der Waals surface area contributed by atoms with Crippen molar-refractivity contribution in [3.63, 3.8) is 0 Å². The highest BCUT2D eigenvalue weighted by Gasteiger charge is 2.24. The van der Waals surface area contributed by atoms with E-state index in [-0.39, 0.29) is 17.2 Å². The summed E-state index contributed by atoms with van der Waals surface area (Å²) in [7, 11) is -3.67. The summed E-state index contributed by atoms with van der Waals surface area (Å²) in [5.41, 5.74) is 6.19. The summed E-state index contributed by atoms with van der Waals surface area (Å²) in [5.74, 6) is -0.0363. The Morgan fingerprint density at radius 3 is 2.67 bits per heavy atom. The van der Waals surface area contributed by atoms with Crippen LogP contribution in [-0.4, -0.2) is 35.7 Å². The Balaban J connectivity index is 2.90. The molecular formula is C9H17N5O3S. The fourth-order valence-electron chi connectivity index (χ4n) is 1.66. The number of nitrogens with zero attached hydrogens (tertiary/aromatic N) is 2. The van der Waals surface area contributed by atoms with Crippen molar-refractivity contribution in [1.29, 1.82) is 0 Å². The number of sulfonamides is 1. The number of nitrogens with one attached hydrogen (secondary N) is 2. The first-order valence-electron chi connectivity index (χ1n) is 5.28. The molecule has 1 unspecified atom stereocenters. The van der Waals surface area contributed by atoms with Gasteiger partial charge in [-0.2, -0.15) is 5.10 Å². The molecule has 1 rings (SSSR count). The minimum absolute atomic E-state index is 0.0363. The predicted molar refractivity (Wildman–Crippen MR) is 65.9 cm³/mol. The monoisotopic (exact) mass is 275 g/mol. The fourth-order valence-corrected chi connectivity index (χ4v) is 3.27. The molecule has 0 saturated carbocycles. The van der Waals surface area contributed by atoms with E-state index < -0.39 is 16.1 Å². The highest BCUT2D eigenvalue weighted by atomic mass is 32.2. The Labute approximate surface area is 105 Å². The molecule has 0 aliphatic heterocycles. The SMILES string of the molecule is Cc1n[nH]c(C)c1S(=O)(=O)NC(C)CC(N)=NO. The third-order valence-corrected chi connectivity index (χ3v) is 4.18. The van der Waals surface area contributed by atoms with Gasteiger partial charge in [-0.05, 0) is 20.8 Å². The lowest BCUT2D eigenvalue weighted by molar-refractivity contribution is 0.316. The van der Waals surface area contributed by atoms with Gasteiger partial charge in [-0.15, -0.1) is 0 Å². The van der Waals surface area contributed by atoms with E-state index in [1.165, 1.54) is 0 Å². The second-order valence-corrected chi connectivity index (χ2v) is 5.73. The zero-order valence-electron chi connectivity index (χ0n) is 10.4. The second kappa shape index (κ2) is 5.36. The van der Waals surface area contributed by atoms with Crippen molar-refractivity contribution in [2.45, 2.75) is 38.1 Å². The zero-order chi connectivity index (χ0) is 13.9. The summed E-state index contributed by atoms with van der Waals surface area (Å²) in [4.78, 5) is 0.133. The molecule has 0 aromatic carbocycles. The van der Waals surface area contributed by atoms with Crippen LogP contribution in [0.5, 0.6) is 0 Å². The number of H-pyrrole nitrogens is 1. The lowest BCUT2D eigenvalue weighted by Crippen LogP contribution is -2.36. The van der Waals surface area contributed by atoms with Crippen LogP contribution >= 0.6 is 0 Å². The molecule has 0 bridgehead atoms. The first-order valence-corrected chi connectivity index (χ1v) is 6.76. The number of aromatic nitrogens is 2. The standard InChI is InChI=1S/C9H17N5O3S/c1-5(4-8(10)13-15)14-18(16,17)9-6(2)11-12-7(9)3/h5,14-15H,4H2,1-3H3,(H2,10,13)(H,11,12). The minimum Gasteiger partial charge on any atom is -0.409 e. The van der Waals surface area contributed by atoms with Gasteiger partial charge in [0.2, 0.25) is 10.0 Å². The van der Waals surface area contributed by atoms with E-state index in [1.807, 2.05) is 0 Å². The summed E-state index contributed by atoms with van der Waals surface area (Å²) < 4.78 is 26.6. The van der Waals surface area contributed by atoms with E-state index in [0.717, 1.165) is 0 Å². The minimum atomic E-state index is -3.67. The smallest absolute Gasteiger partial charge is 0.244 e. The molecule has 0 radical (unpaired) electrons. The molecule has 102 valence electrons. The largest absolute Gasteiger partial charge is 0.409 e. The van der Waals surface area contributed by atoms with Crippen LogP contribution in [0.1, 0.15) is 24.7 Å². The van der Waals surface area contributed by atoms with Gasteiger partial charge in [-0.3, -0.25) is 5.10 Å². The maximum atomic E-state index is 12.1. The molecular weight excluding hydrogens is 258 g/mol. The van der Waals surface area contributed by atoms with Gasteiger partial charge in [-0.1, -0.05) is 5.16 Å². The van der Waals surface area contributed by atoms with Crippen LogP contribution in [-0.2, 0) is 10.0 Å². The van der Waals surface area contributed by atoms with Gasteiger partial charge < -0.3 is 10.9 Å². The second-order valence-electron chi connectivity index (χ2n) is 4.08. The first-order chi connectivity index (χ1) is 8.27. The Bertz CT molecular complexity index is 529. The molecule has 0 spiro atoms. The molecule has 1 atom stereocenters. The number of rotatable bonds is 5. The average molecular weight is 275 g/mol. The summed E-state index contributed by atoms with van der Waals surface area (Å²) in [6.07, 6.45) is 0.117. The summed E-state index contributed by atoms with van der Waals surface area (Å²) in [6, 6.07) is -0.486. The normalized spacial score (nSPS) is 14.7. The average Bonchev–Trinajstić information content (AvgIpc) is 2.57. The Morgan fingerprint density at radius 1 is 1.61 bits per heavy atom. The lowest BCUT2D eigenvalue weighted by Gasteiger charge is -2.13. The number of hydrogen-bond acceptors (Lipinski definition) is 5. The molecule has 18 heavy (non-hydrogen) atoms. The van der Waals surface area contributed by atoms with Crippen LogP contribution in [0.25, 0.3) is 0 Å². The Kier molecular flexibility index (Phi) is 4.30. The van der Waals surface area contributed by atoms with Crippen molar-refractivity contribution in [1.82, 2.24) is 14.9 Å². The van der Waals surface area contributed by atoms with Crippen molar-refractivity contribution in [3.8, 4) is 0 Å². The maximum absolute atomic E-state index is 12.1. The number of oxime groups is 1. The van der Waals surface area contributed by atoms with Crippen LogP contribution in [0.4, 0.5) is 0 Å². The van der Waals surface area contributed by atoms with E-state index in [1.54, 1.807) is 20.8 Å². The molecule has 1 aromatic heterocycles. The maximum Gasteiger partial charge on any atom is 0.244 e. The van der Waals surface area contributed by atoms with Gasteiger partial charge in [0.1, 0.15) is 10.7 Å². The molecule has 0 aliphatic carbocycles. The number of aromatic amines is 1. The topological polar surface area (TPSA) is 133 Å². The highest BCUT2D eigenvalue weighted by Crippen LogP contribution is 2.16. The van der Waals surface area contributed by atoms with Crippen LogP contribution in [0.3, 0.4) is 0 Å². The van der Waals surface area contributed by atoms with E-state index in [2.05, 4.69) is 20.1 Å². The van der Waals surface area contributed by atoms with Crippen molar-refractivity contribution in [2.24, 2.45) is 10.9 Å². The van der Waals surface area contributed by atoms with E-state index >= 15 is 0 Å². The van der Waals surface area contributed by atoms with Crippen molar-refractivity contribution < 1.29 is 13.6 Å². The molecule has 0 fully saturated rings. The Hall–Kier alpha value is -1.61. The molecule has 0 aliphatic rings. The van der Waals surface area contributed by atoms with Crippen LogP contribution in [0.2, 0.25) is 0 Å². The van der Waals surface area contributed by atoms with E-state index in [4.69, 9.17) is 10.9 Å². The van der Waals surface area contributed by atoms with E-state index in [0.29, 0.717) is 11.4 Å². The molecule has 0 saturated heterocycles. The fraction of sp³-hybridized carbons (Fsp3) is 0.556. The van der Waals surface area contributed by atoms with Gasteiger partial charge in [0, 0.05) is 12.5 Å². The van der Waals surface area contributed by atoms with Gasteiger partial charge in [0.05, 0.1) is 11.4 Å². The summed E-state index contributed by atoms with van der Waals surface area (Å²) in [6.45, 7) is 4.86. The quantitative estimate of drug-likeness (QED) is 0.256. The van der Waals surface area contributed by atoms with Crippen LogP contribution < -0.4 is 10.5 Å². The lowest BCUT2D eigenvalue weighted by atomic mass is 10.2. The predicted octanol–water partition coefficient (Wildman–Crippen LogP) is -0.170.